The lowest BCUT2D eigenvalue weighted by Gasteiger charge is -2.07. The predicted molar refractivity (Wildman–Crippen MR) is 128 cm³/mol. The van der Waals surface area contributed by atoms with Crippen molar-refractivity contribution in [2.75, 3.05) is 0 Å². The van der Waals surface area contributed by atoms with Crippen molar-refractivity contribution in [1.29, 1.82) is 10.5 Å². The van der Waals surface area contributed by atoms with Gasteiger partial charge in [0.05, 0.1) is 5.56 Å². The number of carbonyl (C=O) groups excluding carboxylic acids is 1. The van der Waals surface area contributed by atoms with Crippen molar-refractivity contribution >= 4 is 32.9 Å². The van der Waals surface area contributed by atoms with Crippen molar-refractivity contribution in [3.8, 4) is 34.5 Å². The van der Waals surface area contributed by atoms with Gasteiger partial charge >= 0.3 is 0 Å². The summed E-state index contributed by atoms with van der Waals surface area (Å²) in [6, 6.07) is 13.7. The topological polar surface area (TPSA) is 90.4 Å². The second kappa shape index (κ2) is 7.31. The predicted octanol–water partition coefficient (Wildman–Crippen LogP) is 6.38. The van der Waals surface area contributed by atoms with Crippen molar-refractivity contribution in [1.82, 2.24) is 10.2 Å². The van der Waals surface area contributed by atoms with E-state index < -0.39 is 29.1 Å². The van der Waals surface area contributed by atoms with Gasteiger partial charge in [0.25, 0.3) is 0 Å². The molecule has 0 bridgehead atoms. The number of carbonyl (C=O) groups is 1. The monoisotopic (exact) mass is 504 g/mol. The first-order valence-corrected chi connectivity index (χ1v) is 11.2. The minimum atomic E-state index is -1.06. The number of fused-ring (bicyclic) bond motifs is 9. The van der Waals surface area contributed by atoms with E-state index in [0.29, 0.717) is 38.2 Å². The van der Waals surface area contributed by atoms with Gasteiger partial charge in [0.2, 0.25) is 0 Å². The Balaban J connectivity index is 1.59. The summed E-state index contributed by atoms with van der Waals surface area (Å²) in [6.07, 6.45) is 0. The summed E-state index contributed by atoms with van der Waals surface area (Å²) in [5.41, 5.74) is 1.87. The van der Waals surface area contributed by atoms with Crippen LogP contribution >= 0.6 is 0 Å². The van der Waals surface area contributed by atoms with Crippen LogP contribution in [0.4, 0.5) is 17.6 Å². The van der Waals surface area contributed by atoms with E-state index in [9.17, 15) is 32.9 Å². The highest BCUT2D eigenvalue weighted by atomic mass is 19.2. The third-order valence-corrected chi connectivity index (χ3v) is 6.98. The summed E-state index contributed by atoms with van der Waals surface area (Å²) in [5.74, 6) is -4.68. The summed E-state index contributed by atoms with van der Waals surface area (Å²) in [4.78, 5) is 13.7. The van der Waals surface area contributed by atoms with Crippen LogP contribution in [-0.2, 0) is 0 Å². The largest absolute Gasteiger partial charge is 0.288 e. The van der Waals surface area contributed by atoms with Crippen LogP contribution in [0, 0.1) is 45.9 Å². The summed E-state index contributed by atoms with van der Waals surface area (Å²) < 4.78 is 55.9. The minimum Gasteiger partial charge on any atom is -0.288 e. The van der Waals surface area contributed by atoms with Gasteiger partial charge in [0.15, 0.2) is 29.1 Å². The number of halogens is 4. The molecule has 0 atom stereocenters. The Labute approximate surface area is 210 Å². The molecule has 0 saturated carbocycles. The van der Waals surface area contributed by atoms with Gasteiger partial charge in [0, 0.05) is 22.3 Å². The highest BCUT2D eigenvalue weighted by molar-refractivity contribution is 6.27. The third kappa shape index (κ3) is 2.70. The van der Waals surface area contributed by atoms with E-state index in [-0.39, 0.29) is 39.2 Å². The minimum absolute atomic E-state index is 0.107. The molecule has 0 amide bonds. The van der Waals surface area contributed by atoms with Gasteiger partial charge in [-0.25, -0.2) is 17.6 Å². The number of nitrogens with zero attached hydrogens (tertiary/aromatic N) is 4. The molecule has 0 fully saturated rings. The van der Waals surface area contributed by atoms with Crippen molar-refractivity contribution < 1.29 is 22.4 Å². The molecule has 5 nitrogen and oxygen atoms in total. The van der Waals surface area contributed by atoms with Crippen LogP contribution in [0.1, 0.15) is 27.2 Å². The Hall–Kier alpha value is -5.41. The highest BCUT2D eigenvalue weighted by Crippen LogP contribution is 2.51. The van der Waals surface area contributed by atoms with Gasteiger partial charge in [-0.05, 0) is 81.2 Å². The van der Waals surface area contributed by atoms with Gasteiger partial charge in [-0.2, -0.15) is 10.5 Å². The number of rotatable bonds is 0. The van der Waals surface area contributed by atoms with Crippen LogP contribution < -0.4 is 0 Å². The third-order valence-electron chi connectivity index (χ3n) is 6.98. The fourth-order valence-corrected chi connectivity index (χ4v) is 5.32. The molecule has 0 radical (unpaired) electrons. The van der Waals surface area contributed by atoms with E-state index >= 15 is 0 Å². The van der Waals surface area contributed by atoms with E-state index in [1.165, 1.54) is 18.2 Å². The zero-order valence-electron chi connectivity index (χ0n) is 18.8. The average molecular weight is 504 g/mol. The van der Waals surface area contributed by atoms with Crippen LogP contribution in [0.2, 0.25) is 0 Å². The molecule has 5 aromatic rings. The van der Waals surface area contributed by atoms with E-state index in [0.717, 1.165) is 24.3 Å². The molecule has 7 rings (SSSR count). The zero-order chi connectivity index (χ0) is 26.5. The van der Waals surface area contributed by atoms with Crippen molar-refractivity contribution in [2.24, 2.45) is 0 Å². The number of ketones is 1. The molecule has 0 saturated heterocycles. The summed E-state index contributed by atoms with van der Waals surface area (Å²) in [6.45, 7) is 0. The molecule has 4 aromatic carbocycles. The molecular formula is C29H8F4N4O. The molecule has 1 heterocycles. The first-order valence-electron chi connectivity index (χ1n) is 11.2. The molecule has 2 aliphatic carbocycles. The van der Waals surface area contributed by atoms with E-state index in [1.807, 2.05) is 12.1 Å². The Morgan fingerprint density at radius 1 is 0.579 bits per heavy atom. The second-order valence-corrected chi connectivity index (χ2v) is 8.97. The zero-order valence-corrected chi connectivity index (χ0v) is 18.8. The first-order chi connectivity index (χ1) is 18.3. The van der Waals surface area contributed by atoms with E-state index in [4.69, 9.17) is 0 Å². The Bertz CT molecular complexity index is 2100. The molecule has 2 aliphatic rings. The lowest BCUT2D eigenvalue weighted by atomic mass is 9.96. The smallest absolute Gasteiger partial charge is 0.196 e. The summed E-state index contributed by atoms with van der Waals surface area (Å²) >= 11 is 0. The molecule has 0 unspecified atom stereocenters. The Kier molecular flexibility index (Phi) is 4.20. The average Bonchev–Trinajstić information content (AvgIpc) is 3.35. The van der Waals surface area contributed by atoms with Crippen LogP contribution in [0.25, 0.3) is 49.5 Å². The molecular weight excluding hydrogens is 496 g/mol. The number of benzene rings is 4. The van der Waals surface area contributed by atoms with Crippen LogP contribution in [0.5, 0.6) is 0 Å². The molecule has 0 aliphatic heterocycles. The second-order valence-electron chi connectivity index (χ2n) is 8.97. The SMILES string of the molecule is N#CC(C#N)=C1c2cc3cc(F)c(F)cc3cc2-c2c1nnc1c2C(=O)c2cc3cc(F)c(F)cc3cc2-1. The van der Waals surface area contributed by atoms with Crippen molar-refractivity contribution in [3.05, 3.63) is 99.8 Å². The van der Waals surface area contributed by atoms with Crippen molar-refractivity contribution in [3.63, 3.8) is 0 Å². The summed E-state index contributed by atoms with van der Waals surface area (Å²) in [5, 5.41) is 29.1. The molecule has 1 aromatic heterocycles. The number of aromatic nitrogens is 2. The van der Waals surface area contributed by atoms with Crippen LogP contribution in [-0.4, -0.2) is 16.0 Å². The standard InChI is InChI=1S/C29H8F4N4O/c30-20-5-11-1-16-17(2-12(11)6-21(20)31)25-26-27(36-37-28(25)24(16)15(9-34)10-35)18-3-13-7-22(32)23(33)8-14(13)4-19(18)29(26)38/h1-8H. The maximum absolute atomic E-state index is 14.1. The maximum atomic E-state index is 14.1. The lowest BCUT2D eigenvalue weighted by Crippen LogP contribution is -2.02. The quantitative estimate of drug-likeness (QED) is 0.177. The number of hydrogen-bond acceptors (Lipinski definition) is 5. The van der Waals surface area contributed by atoms with Gasteiger partial charge in [-0.1, -0.05) is 0 Å². The van der Waals surface area contributed by atoms with Crippen LogP contribution in [0.15, 0.2) is 54.1 Å². The van der Waals surface area contributed by atoms with Gasteiger partial charge in [0.1, 0.15) is 29.1 Å². The molecule has 0 spiro atoms. The maximum Gasteiger partial charge on any atom is 0.196 e. The number of hydrogen-bond donors (Lipinski definition) is 0. The fourth-order valence-electron chi connectivity index (χ4n) is 5.32. The van der Waals surface area contributed by atoms with Gasteiger partial charge in [-0.15, -0.1) is 10.2 Å². The van der Waals surface area contributed by atoms with Crippen molar-refractivity contribution in [2.45, 2.75) is 0 Å². The Morgan fingerprint density at radius 2 is 1.03 bits per heavy atom. The first kappa shape index (κ1) is 21.8. The van der Waals surface area contributed by atoms with Gasteiger partial charge < -0.3 is 0 Å². The lowest BCUT2D eigenvalue weighted by molar-refractivity contribution is 0.104. The highest BCUT2D eigenvalue weighted by Gasteiger charge is 2.39. The fraction of sp³-hybridized carbons (Fsp3) is 0. The number of allylic oxidation sites excluding steroid dienone is 1. The van der Waals surface area contributed by atoms with Crippen LogP contribution in [0.3, 0.4) is 0 Å². The molecule has 178 valence electrons. The van der Waals surface area contributed by atoms with Gasteiger partial charge in [-0.3, -0.25) is 4.79 Å². The summed E-state index contributed by atoms with van der Waals surface area (Å²) in [7, 11) is 0. The molecule has 0 N–H and O–H groups in total. The van der Waals surface area contributed by atoms with E-state index in [2.05, 4.69) is 10.2 Å². The van der Waals surface area contributed by atoms with E-state index in [1.54, 1.807) is 6.07 Å². The molecule has 9 heteroatoms. The molecule has 38 heavy (non-hydrogen) atoms. The Morgan fingerprint density at radius 3 is 1.55 bits per heavy atom. The number of nitriles is 2. The normalized spacial score (nSPS) is 12.7.